The third-order valence-electron chi connectivity index (χ3n) is 10.3. The zero-order valence-corrected chi connectivity index (χ0v) is 29.6. The van der Waals surface area contributed by atoms with E-state index in [0.29, 0.717) is 0 Å². The van der Waals surface area contributed by atoms with Gasteiger partial charge in [0.25, 0.3) is 0 Å². The number of anilines is 3. The van der Waals surface area contributed by atoms with Crippen LogP contribution in [0.3, 0.4) is 0 Å². The molecular weight excluding hydrogens is 639 g/mol. The highest BCUT2D eigenvalue weighted by Gasteiger charge is 2.19. The van der Waals surface area contributed by atoms with Crippen molar-refractivity contribution in [3.05, 3.63) is 218 Å². The quantitative estimate of drug-likeness (QED) is 0.155. The highest BCUT2D eigenvalue weighted by Crippen LogP contribution is 2.43. The molecule has 1 heteroatoms. The van der Waals surface area contributed by atoms with Crippen LogP contribution < -0.4 is 4.90 Å². The van der Waals surface area contributed by atoms with Gasteiger partial charge >= 0.3 is 0 Å². The van der Waals surface area contributed by atoms with Crippen LogP contribution in [-0.2, 0) is 0 Å². The lowest BCUT2D eigenvalue weighted by atomic mass is 9.91. The lowest BCUT2D eigenvalue weighted by Gasteiger charge is -2.28. The maximum atomic E-state index is 2.42. The van der Waals surface area contributed by atoms with Gasteiger partial charge in [-0.1, -0.05) is 164 Å². The highest BCUT2D eigenvalue weighted by atomic mass is 15.1. The maximum absolute atomic E-state index is 2.42. The molecule has 0 atom stereocenters. The first-order valence-electron chi connectivity index (χ1n) is 18.5. The topological polar surface area (TPSA) is 3.24 Å². The molecule has 0 spiro atoms. The van der Waals surface area contributed by atoms with E-state index >= 15 is 0 Å². The lowest BCUT2D eigenvalue weighted by molar-refractivity contribution is 1.04. The van der Waals surface area contributed by atoms with Gasteiger partial charge in [-0.15, -0.1) is 0 Å². The van der Waals surface area contributed by atoms with Crippen LogP contribution in [0.15, 0.2) is 212 Å². The van der Waals surface area contributed by atoms with E-state index in [1.54, 1.807) is 0 Å². The summed E-state index contributed by atoms with van der Waals surface area (Å²) in [4.78, 5) is 2.42. The van der Waals surface area contributed by atoms with E-state index in [1.165, 1.54) is 66.4 Å². The van der Waals surface area contributed by atoms with Gasteiger partial charge in [0, 0.05) is 16.8 Å². The predicted octanol–water partition coefficient (Wildman–Crippen LogP) is 14.7. The Morgan fingerprint density at radius 1 is 0.340 bits per heavy atom. The summed E-state index contributed by atoms with van der Waals surface area (Å²) in [7, 11) is 0. The fraction of sp³-hybridized carbons (Fsp3) is 0.0385. The SMILES string of the molecule is C1=CC(c2cc(-c3ccccc3)cc(-c3cccc(N(c4ccc(-c5ccccc5)cc4)c4ccc(-c5ccccc5)c5ccccc45)c3)c2)=CCC1. The Morgan fingerprint density at radius 3 is 1.58 bits per heavy atom. The van der Waals surface area contributed by atoms with Crippen molar-refractivity contribution in [2.24, 2.45) is 0 Å². The summed E-state index contributed by atoms with van der Waals surface area (Å²) in [6.45, 7) is 0. The van der Waals surface area contributed by atoms with E-state index in [-0.39, 0.29) is 0 Å². The van der Waals surface area contributed by atoms with Crippen molar-refractivity contribution in [3.8, 4) is 44.5 Å². The number of hydrogen-bond donors (Lipinski definition) is 0. The van der Waals surface area contributed by atoms with Crippen LogP contribution in [0.1, 0.15) is 18.4 Å². The Balaban J connectivity index is 1.22. The number of allylic oxidation sites excluding steroid dienone is 4. The molecule has 0 saturated carbocycles. The minimum absolute atomic E-state index is 1.07. The first-order valence-corrected chi connectivity index (χ1v) is 18.5. The van der Waals surface area contributed by atoms with Crippen molar-refractivity contribution in [2.45, 2.75) is 12.8 Å². The van der Waals surface area contributed by atoms with Crippen LogP contribution in [0.25, 0.3) is 60.9 Å². The van der Waals surface area contributed by atoms with Crippen LogP contribution in [0.5, 0.6) is 0 Å². The number of hydrogen-bond acceptors (Lipinski definition) is 1. The molecular formula is C52H39N. The summed E-state index contributed by atoms with van der Waals surface area (Å²) < 4.78 is 0. The molecule has 9 rings (SSSR count). The fourth-order valence-corrected chi connectivity index (χ4v) is 7.62. The van der Waals surface area contributed by atoms with E-state index in [0.717, 1.165) is 29.9 Å². The van der Waals surface area contributed by atoms with E-state index in [4.69, 9.17) is 0 Å². The van der Waals surface area contributed by atoms with Crippen LogP contribution in [-0.4, -0.2) is 0 Å². The molecule has 0 amide bonds. The number of benzene rings is 8. The molecule has 1 aliphatic rings. The van der Waals surface area contributed by atoms with Crippen LogP contribution in [0, 0.1) is 0 Å². The smallest absolute Gasteiger partial charge is 0.0540 e. The predicted molar refractivity (Wildman–Crippen MR) is 227 cm³/mol. The van der Waals surface area contributed by atoms with Crippen LogP contribution in [0.4, 0.5) is 17.1 Å². The Hall–Kier alpha value is -6.70. The molecule has 0 radical (unpaired) electrons. The molecule has 0 N–H and O–H groups in total. The maximum Gasteiger partial charge on any atom is 0.0540 e. The van der Waals surface area contributed by atoms with Gasteiger partial charge < -0.3 is 4.90 Å². The monoisotopic (exact) mass is 677 g/mol. The number of fused-ring (bicyclic) bond motifs is 1. The highest BCUT2D eigenvalue weighted by molar-refractivity contribution is 6.06. The van der Waals surface area contributed by atoms with Gasteiger partial charge in [0.1, 0.15) is 0 Å². The summed E-state index contributed by atoms with van der Waals surface area (Å²) in [5.41, 5.74) is 15.6. The zero-order valence-electron chi connectivity index (χ0n) is 29.6. The Labute approximate surface area is 312 Å². The molecule has 0 saturated heterocycles. The molecule has 0 unspecified atom stereocenters. The molecule has 8 aromatic rings. The van der Waals surface area contributed by atoms with E-state index in [2.05, 4.69) is 217 Å². The second-order valence-corrected chi connectivity index (χ2v) is 13.6. The van der Waals surface area contributed by atoms with E-state index < -0.39 is 0 Å². The summed E-state index contributed by atoms with van der Waals surface area (Å²) in [5, 5.41) is 2.43. The second kappa shape index (κ2) is 14.5. The molecule has 0 heterocycles. The minimum atomic E-state index is 1.07. The van der Waals surface area contributed by atoms with Gasteiger partial charge in [-0.2, -0.15) is 0 Å². The van der Waals surface area contributed by atoms with Crippen molar-refractivity contribution in [1.82, 2.24) is 0 Å². The Kier molecular flexibility index (Phi) is 8.82. The van der Waals surface area contributed by atoms with Crippen molar-refractivity contribution in [2.75, 3.05) is 4.90 Å². The fourth-order valence-electron chi connectivity index (χ4n) is 7.62. The van der Waals surface area contributed by atoms with Crippen LogP contribution in [0.2, 0.25) is 0 Å². The second-order valence-electron chi connectivity index (χ2n) is 13.6. The van der Waals surface area contributed by atoms with Gasteiger partial charge in [-0.05, 0) is 122 Å². The summed E-state index contributed by atoms with van der Waals surface area (Å²) in [6, 6.07) is 70.5. The van der Waals surface area contributed by atoms with E-state index in [1.807, 2.05) is 0 Å². The van der Waals surface area contributed by atoms with Crippen molar-refractivity contribution in [3.63, 3.8) is 0 Å². The van der Waals surface area contributed by atoms with Gasteiger partial charge in [-0.3, -0.25) is 0 Å². The molecule has 252 valence electrons. The third-order valence-corrected chi connectivity index (χ3v) is 10.3. The van der Waals surface area contributed by atoms with Crippen molar-refractivity contribution >= 4 is 33.4 Å². The first kappa shape index (κ1) is 32.2. The van der Waals surface area contributed by atoms with Gasteiger partial charge in [0.2, 0.25) is 0 Å². The largest absolute Gasteiger partial charge is 0.310 e. The molecule has 0 bridgehead atoms. The summed E-state index contributed by atoms with van der Waals surface area (Å²) in [5.74, 6) is 0. The minimum Gasteiger partial charge on any atom is -0.310 e. The zero-order chi connectivity index (χ0) is 35.4. The summed E-state index contributed by atoms with van der Waals surface area (Å²) >= 11 is 0. The molecule has 1 aliphatic carbocycles. The molecule has 0 fully saturated rings. The first-order chi connectivity index (χ1) is 26.3. The number of rotatable bonds is 8. The molecule has 0 aliphatic heterocycles. The van der Waals surface area contributed by atoms with Crippen molar-refractivity contribution < 1.29 is 0 Å². The molecule has 8 aromatic carbocycles. The van der Waals surface area contributed by atoms with Gasteiger partial charge in [-0.25, -0.2) is 0 Å². The average Bonchev–Trinajstić information content (AvgIpc) is 3.25. The number of nitrogens with zero attached hydrogens (tertiary/aromatic N) is 1. The molecule has 53 heavy (non-hydrogen) atoms. The van der Waals surface area contributed by atoms with Crippen LogP contribution >= 0.6 is 0 Å². The van der Waals surface area contributed by atoms with Gasteiger partial charge in [0.15, 0.2) is 0 Å². The summed E-state index contributed by atoms with van der Waals surface area (Å²) in [6.07, 6.45) is 9.11. The van der Waals surface area contributed by atoms with Gasteiger partial charge in [0.05, 0.1) is 5.69 Å². The molecule has 1 nitrogen and oxygen atoms in total. The lowest BCUT2D eigenvalue weighted by Crippen LogP contribution is -2.11. The van der Waals surface area contributed by atoms with E-state index in [9.17, 15) is 0 Å². The Morgan fingerprint density at radius 2 is 0.906 bits per heavy atom. The Bertz CT molecular complexity index is 2580. The third kappa shape index (κ3) is 6.62. The normalized spacial score (nSPS) is 12.4. The standard InChI is InChI=1S/C52H39N/c1-5-16-38(17-6-1)41-28-30-47(31-29-41)53(52-33-32-49(42-22-11-4-12-23-42)50-26-13-14-27-51(50)52)48-25-15-24-43(37-48)46-35-44(39-18-7-2-8-19-39)34-45(36-46)40-20-9-3-10-21-40/h1-2,4-9,11-37H,3,10H2. The molecule has 0 aromatic heterocycles. The average molecular weight is 678 g/mol. The van der Waals surface area contributed by atoms with Crippen molar-refractivity contribution in [1.29, 1.82) is 0 Å².